The van der Waals surface area contributed by atoms with Gasteiger partial charge in [0.2, 0.25) is 0 Å². The van der Waals surface area contributed by atoms with Crippen LogP contribution in [0.1, 0.15) is 0 Å². The zero-order valence-corrected chi connectivity index (χ0v) is 13.7. The number of benzene rings is 2. The fraction of sp³-hybridized carbons (Fsp3) is 0.167. The molecular formula is C18H18N2O2S. The molecule has 0 amide bonds. The Morgan fingerprint density at radius 3 is 2.70 bits per heavy atom. The second-order valence-corrected chi connectivity index (χ2v) is 5.79. The van der Waals surface area contributed by atoms with Gasteiger partial charge < -0.3 is 14.4 Å². The van der Waals surface area contributed by atoms with Gasteiger partial charge in [0.15, 0.2) is 4.80 Å². The van der Waals surface area contributed by atoms with E-state index in [0.717, 1.165) is 27.5 Å². The topological polar surface area (TPSA) is 46.8 Å². The van der Waals surface area contributed by atoms with E-state index in [1.54, 1.807) is 18.4 Å². The lowest BCUT2D eigenvalue weighted by Crippen LogP contribution is -2.17. The minimum atomic E-state index is 0.0652. The Balaban J connectivity index is 2.10. The summed E-state index contributed by atoms with van der Waals surface area (Å²) in [6.45, 7) is 0.567. The number of hydrogen-bond donors (Lipinski definition) is 1. The molecule has 0 bridgehead atoms. The van der Waals surface area contributed by atoms with E-state index in [2.05, 4.69) is 10.4 Å². The molecule has 0 saturated carbocycles. The summed E-state index contributed by atoms with van der Waals surface area (Å²) in [6.07, 6.45) is 0. The third kappa shape index (κ3) is 3.52. The smallest absolute Gasteiger partial charge is 0.190 e. The lowest BCUT2D eigenvalue weighted by molar-refractivity contribution is 0.275. The normalized spacial score (nSPS) is 11.7. The van der Waals surface area contributed by atoms with Crippen LogP contribution in [0.25, 0.3) is 11.3 Å². The van der Waals surface area contributed by atoms with Crippen molar-refractivity contribution in [2.75, 3.05) is 13.7 Å². The van der Waals surface area contributed by atoms with E-state index >= 15 is 0 Å². The van der Waals surface area contributed by atoms with Crippen LogP contribution in [0.5, 0.6) is 5.75 Å². The maximum Gasteiger partial charge on any atom is 0.190 e. The van der Waals surface area contributed by atoms with Crippen molar-refractivity contribution in [1.29, 1.82) is 0 Å². The molecule has 3 rings (SSSR count). The quantitative estimate of drug-likeness (QED) is 0.780. The van der Waals surface area contributed by atoms with E-state index in [4.69, 9.17) is 4.74 Å². The third-order valence-corrected chi connectivity index (χ3v) is 4.33. The molecule has 2 aromatic carbocycles. The molecule has 118 valence electrons. The van der Waals surface area contributed by atoms with Crippen molar-refractivity contribution in [2.24, 2.45) is 4.99 Å². The van der Waals surface area contributed by atoms with E-state index in [0.29, 0.717) is 6.54 Å². The van der Waals surface area contributed by atoms with Crippen LogP contribution in [0.4, 0.5) is 5.69 Å². The highest BCUT2D eigenvalue weighted by molar-refractivity contribution is 7.07. The summed E-state index contributed by atoms with van der Waals surface area (Å²) >= 11 is 1.56. The van der Waals surface area contributed by atoms with Crippen LogP contribution in [0, 0.1) is 0 Å². The lowest BCUT2D eigenvalue weighted by atomic mass is 10.1. The molecule has 0 spiro atoms. The molecule has 1 N–H and O–H groups in total. The van der Waals surface area contributed by atoms with Crippen molar-refractivity contribution in [3.63, 3.8) is 0 Å². The van der Waals surface area contributed by atoms with Crippen LogP contribution in [0.15, 0.2) is 65.0 Å². The van der Waals surface area contributed by atoms with Gasteiger partial charge in [-0.05, 0) is 24.3 Å². The van der Waals surface area contributed by atoms with Crippen LogP contribution >= 0.6 is 11.3 Å². The van der Waals surface area contributed by atoms with Crippen LogP contribution in [-0.2, 0) is 6.54 Å². The molecule has 0 unspecified atom stereocenters. The number of para-hydroxylation sites is 1. The Labute approximate surface area is 139 Å². The first-order chi connectivity index (χ1) is 11.3. The highest BCUT2D eigenvalue weighted by Crippen LogP contribution is 2.24. The van der Waals surface area contributed by atoms with Gasteiger partial charge >= 0.3 is 0 Å². The van der Waals surface area contributed by atoms with E-state index in [1.807, 2.05) is 59.2 Å². The number of ether oxygens (including phenoxy) is 1. The van der Waals surface area contributed by atoms with Crippen LogP contribution in [-0.4, -0.2) is 23.4 Å². The summed E-state index contributed by atoms with van der Waals surface area (Å²) in [5.41, 5.74) is 2.97. The number of aliphatic hydroxyl groups excluding tert-OH is 1. The first kappa shape index (κ1) is 15.5. The first-order valence-electron chi connectivity index (χ1n) is 7.35. The standard InChI is InChI=1S/C18H18N2O2S/c1-22-16-9-5-6-14(12-16)17-13-23-18(20(17)10-11-21)19-15-7-3-2-4-8-15/h2-9,12-13,21H,10-11H2,1H3. The molecule has 23 heavy (non-hydrogen) atoms. The number of aromatic nitrogens is 1. The largest absolute Gasteiger partial charge is 0.497 e. The van der Waals surface area contributed by atoms with E-state index < -0.39 is 0 Å². The van der Waals surface area contributed by atoms with Crippen LogP contribution < -0.4 is 9.54 Å². The Kier molecular flexibility index (Phi) is 4.90. The van der Waals surface area contributed by atoms with Gasteiger partial charge in [0.1, 0.15) is 5.75 Å². The molecule has 3 aromatic rings. The zero-order valence-electron chi connectivity index (χ0n) is 12.8. The van der Waals surface area contributed by atoms with Crippen molar-refractivity contribution < 1.29 is 9.84 Å². The van der Waals surface area contributed by atoms with Gasteiger partial charge in [-0.25, -0.2) is 4.99 Å². The van der Waals surface area contributed by atoms with Gasteiger partial charge in [0.25, 0.3) is 0 Å². The molecule has 0 saturated heterocycles. The van der Waals surface area contributed by atoms with Crippen molar-refractivity contribution in [3.8, 4) is 17.0 Å². The molecular weight excluding hydrogens is 308 g/mol. The summed E-state index contributed by atoms with van der Waals surface area (Å²) in [5.74, 6) is 0.811. The lowest BCUT2D eigenvalue weighted by Gasteiger charge is -2.08. The molecule has 0 atom stereocenters. The molecule has 0 aliphatic rings. The molecule has 1 heterocycles. The minimum absolute atomic E-state index is 0.0652. The number of rotatable bonds is 5. The van der Waals surface area contributed by atoms with Crippen molar-refractivity contribution in [3.05, 3.63) is 64.8 Å². The maximum absolute atomic E-state index is 9.42. The summed E-state index contributed by atoms with van der Waals surface area (Å²) in [7, 11) is 1.66. The van der Waals surface area contributed by atoms with Crippen LogP contribution in [0.2, 0.25) is 0 Å². The summed E-state index contributed by atoms with van der Waals surface area (Å²) in [4.78, 5) is 5.55. The van der Waals surface area contributed by atoms with Gasteiger partial charge in [0.05, 0.1) is 25.1 Å². The fourth-order valence-electron chi connectivity index (χ4n) is 2.36. The average molecular weight is 326 g/mol. The molecule has 4 nitrogen and oxygen atoms in total. The Morgan fingerprint density at radius 2 is 1.96 bits per heavy atom. The molecule has 0 aliphatic carbocycles. The Hall–Kier alpha value is -2.37. The first-order valence-corrected chi connectivity index (χ1v) is 8.23. The highest BCUT2D eigenvalue weighted by atomic mass is 32.1. The maximum atomic E-state index is 9.42. The molecule has 0 radical (unpaired) electrons. The van der Waals surface area contributed by atoms with E-state index in [1.165, 1.54) is 0 Å². The predicted molar refractivity (Wildman–Crippen MR) is 93.0 cm³/mol. The van der Waals surface area contributed by atoms with Gasteiger partial charge in [-0.15, -0.1) is 11.3 Å². The third-order valence-electron chi connectivity index (χ3n) is 3.47. The molecule has 0 aliphatic heterocycles. The summed E-state index contributed by atoms with van der Waals surface area (Å²) < 4.78 is 7.33. The highest BCUT2D eigenvalue weighted by Gasteiger charge is 2.08. The van der Waals surface area contributed by atoms with Crippen molar-refractivity contribution >= 4 is 17.0 Å². The number of aliphatic hydroxyl groups is 1. The Morgan fingerprint density at radius 1 is 1.13 bits per heavy atom. The monoisotopic (exact) mass is 326 g/mol. The number of hydrogen-bond acceptors (Lipinski definition) is 4. The summed E-state index contributed by atoms with van der Waals surface area (Å²) in [5, 5.41) is 11.5. The number of methoxy groups -OCH3 is 1. The number of thiazole rings is 1. The summed E-state index contributed by atoms with van der Waals surface area (Å²) in [6, 6.07) is 17.7. The molecule has 5 heteroatoms. The van der Waals surface area contributed by atoms with Gasteiger partial charge in [-0.2, -0.15) is 0 Å². The van der Waals surface area contributed by atoms with E-state index in [9.17, 15) is 5.11 Å². The minimum Gasteiger partial charge on any atom is -0.497 e. The second kappa shape index (κ2) is 7.26. The van der Waals surface area contributed by atoms with Crippen molar-refractivity contribution in [1.82, 2.24) is 4.57 Å². The predicted octanol–water partition coefficient (Wildman–Crippen LogP) is 3.45. The van der Waals surface area contributed by atoms with Gasteiger partial charge in [-0.1, -0.05) is 30.3 Å². The van der Waals surface area contributed by atoms with Crippen molar-refractivity contribution in [2.45, 2.75) is 6.54 Å². The van der Waals surface area contributed by atoms with E-state index in [-0.39, 0.29) is 6.61 Å². The average Bonchev–Trinajstić information content (AvgIpc) is 2.99. The van der Waals surface area contributed by atoms with Crippen LogP contribution in [0.3, 0.4) is 0 Å². The van der Waals surface area contributed by atoms with Gasteiger partial charge in [-0.3, -0.25) is 0 Å². The fourth-order valence-corrected chi connectivity index (χ4v) is 3.32. The molecule has 0 fully saturated rings. The zero-order chi connectivity index (χ0) is 16.1. The Bertz CT molecular complexity index is 837. The SMILES string of the molecule is COc1cccc(-c2csc(=Nc3ccccc3)n2CCO)c1. The second-order valence-electron chi connectivity index (χ2n) is 4.96. The molecule has 1 aromatic heterocycles. The van der Waals surface area contributed by atoms with Gasteiger partial charge in [0, 0.05) is 17.5 Å². The number of nitrogens with zero attached hydrogens (tertiary/aromatic N) is 2.